The Hall–Kier alpha value is -3.62. The van der Waals surface area contributed by atoms with Crippen molar-refractivity contribution in [3.8, 4) is 0 Å². The molecule has 3 rings (SSSR count). The average Bonchev–Trinajstić information content (AvgIpc) is 3.20. The molecule has 0 saturated carbocycles. The third kappa shape index (κ3) is 6.19. The molecule has 3 aromatic rings. The van der Waals surface area contributed by atoms with Gasteiger partial charge in [-0.1, -0.05) is 25.8 Å². The first-order valence-corrected chi connectivity index (χ1v) is 10.9. The number of carbonyl (C=O) groups is 2. The monoisotopic (exact) mass is 436 g/mol. The highest BCUT2D eigenvalue weighted by Gasteiger charge is 2.12. The normalized spacial score (nSPS) is 11.3. The molecule has 0 fully saturated rings. The summed E-state index contributed by atoms with van der Waals surface area (Å²) in [6.45, 7) is 2.38. The number of hydrogen-bond acceptors (Lipinski definition) is 6. The Morgan fingerprint density at radius 1 is 1.25 bits per heavy atom. The van der Waals surface area contributed by atoms with Gasteiger partial charge >= 0.3 is 0 Å². The highest BCUT2D eigenvalue weighted by molar-refractivity contribution is 5.90. The Kier molecular flexibility index (Phi) is 8.42. The van der Waals surface area contributed by atoms with Crippen molar-refractivity contribution in [2.45, 2.75) is 58.4 Å². The molecule has 0 radical (unpaired) electrons. The number of amides is 1. The van der Waals surface area contributed by atoms with Crippen molar-refractivity contribution in [2.75, 3.05) is 5.32 Å². The summed E-state index contributed by atoms with van der Waals surface area (Å²) in [7, 11) is 0. The lowest BCUT2D eigenvalue weighted by Gasteiger charge is -2.08. The summed E-state index contributed by atoms with van der Waals surface area (Å²) in [5.41, 5.74) is 2.21. The third-order valence-electron chi connectivity index (χ3n) is 5.03. The van der Waals surface area contributed by atoms with Crippen molar-refractivity contribution in [1.29, 1.82) is 0 Å². The molecule has 0 bridgehead atoms. The Morgan fingerprint density at radius 2 is 2.12 bits per heavy atom. The van der Waals surface area contributed by atoms with E-state index in [-0.39, 0.29) is 30.1 Å². The number of rotatable bonds is 12. The molecule has 32 heavy (non-hydrogen) atoms. The number of aromatic amines is 1. The van der Waals surface area contributed by atoms with Crippen LogP contribution in [-0.2, 0) is 22.6 Å². The minimum Gasteiger partial charge on any atom is -0.325 e. The smallest absolute Gasteiger partial charge is 0.274 e. The van der Waals surface area contributed by atoms with Crippen molar-refractivity contribution >= 4 is 29.0 Å². The van der Waals surface area contributed by atoms with Crippen LogP contribution in [0.25, 0.3) is 11.2 Å². The minimum atomic E-state index is -0.309. The Bertz CT molecular complexity index is 1150. The Labute approximate surface area is 186 Å². The van der Waals surface area contributed by atoms with Gasteiger partial charge in [-0.3, -0.25) is 14.4 Å². The fourth-order valence-corrected chi connectivity index (χ4v) is 3.39. The summed E-state index contributed by atoms with van der Waals surface area (Å²) < 4.78 is 1.49. The standard InChI is InChI=1S/C23H28N6O3/c1-2-3-6-10-17-21-22(25-16-24-17)28-19(27-21)15-29-13-9-11-18(23(29)32)26-20(31)12-7-4-5-8-14-30/h5,8-9,11,13-14,16H,2-4,6-7,10,12,15H2,1H3,(H,26,31)(H,24,25,27,28)/b8-5+. The quantitative estimate of drug-likeness (QED) is 0.255. The number of carbonyl (C=O) groups excluding carboxylic acids is 2. The van der Waals surface area contributed by atoms with Crippen LogP contribution in [0.15, 0.2) is 41.6 Å². The summed E-state index contributed by atoms with van der Waals surface area (Å²) in [4.78, 5) is 51.6. The number of unbranched alkanes of at least 4 members (excludes halogenated alkanes) is 3. The zero-order chi connectivity index (χ0) is 22.8. The maximum Gasteiger partial charge on any atom is 0.274 e. The van der Waals surface area contributed by atoms with E-state index in [9.17, 15) is 14.4 Å². The van der Waals surface area contributed by atoms with Gasteiger partial charge in [-0.2, -0.15) is 0 Å². The summed E-state index contributed by atoms with van der Waals surface area (Å²) in [6.07, 6.45) is 12.6. The number of hydrogen-bond donors (Lipinski definition) is 2. The van der Waals surface area contributed by atoms with Crippen LogP contribution in [0.2, 0.25) is 0 Å². The summed E-state index contributed by atoms with van der Waals surface area (Å²) in [5, 5.41) is 2.67. The van der Waals surface area contributed by atoms with Gasteiger partial charge in [0.25, 0.3) is 5.56 Å². The van der Waals surface area contributed by atoms with Crippen molar-refractivity contribution in [2.24, 2.45) is 0 Å². The van der Waals surface area contributed by atoms with Crippen LogP contribution in [0, 0.1) is 0 Å². The van der Waals surface area contributed by atoms with Gasteiger partial charge in [-0.15, -0.1) is 0 Å². The number of imidazole rings is 1. The molecule has 1 amide bonds. The maximum absolute atomic E-state index is 12.8. The van der Waals surface area contributed by atoms with Gasteiger partial charge in [-0.05, 0) is 43.9 Å². The predicted molar refractivity (Wildman–Crippen MR) is 122 cm³/mol. The molecule has 2 N–H and O–H groups in total. The molecule has 9 nitrogen and oxygen atoms in total. The van der Waals surface area contributed by atoms with Crippen LogP contribution < -0.4 is 10.9 Å². The molecule has 9 heteroatoms. The van der Waals surface area contributed by atoms with E-state index in [1.807, 2.05) is 0 Å². The Balaban J connectivity index is 1.69. The largest absolute Gasteiger partial charge is 0.325 e. The number of nitrogens with zero attached hydrogens (tertiary/aromatic N) is 4. The molecule has 0 atom stereocenters. The lowest BCUT2D eigenvalue weighted by Crippen LogP contribution is -2.26. The van der Waals surface area contributed by atoms with Crippen LogP contribution in [0.5, 0.6) is 0 Å². The van der Waals surface area contributed by atoms with Crippen LogP contribution in [0.3, 0.4) is 0 Å². The van der Waals surface area contributed by atoms with Gasteiger partial charge in [0.2, 0.25) is 5.91 Å². The van der Waals surface area contributed by atoms with Gasteiger partial charge < -0.3 is 14.9 Å². The number of aldehydes is 1. The fraction of sp³-hybridized carbons (Fsp3) is 0.391. The zero-order valence-electron chi connectivity index (χ0n) is 18.2. The molecule has 0 aliphatic heterocycles. The summed E-state index contributed by atoms with van der Waals surface area (Å²) in [5.74, 6) is 0.361. The molecule has 0 unspecified atom stereocenters. The van der Waals surface area contributed by atoms with Crippen LogP contribution >= 0.6 is 0 Å². The van der Waals surface area contributed by atoms with E-state index < -0.39 is 0 Å². The SMILES string of the molecule is CCCCCc1ncnc2[nH]c(Cn3cccc(NC(=O)CCC/C=C/C=O)c3=O)nc12. The molecule has 3 aromatic heterocycles. The molecule has 168 valence electrons. The van der Waals surface area contributed by atoms with Gasteiger partial charge in [0.05, 0.1) is 12.2 Å². The number of nitrogens with one attached hydrogen (secondary N) is 2. The predicted octanol–water partition coefficient (Wildman–Crippen LogP) is 3.16. The molecule has 0 aliphatic carbocycles. The topological polar surface area (TPSA) is 123 Å². The number of anilines is 1. The number of pyridine rings is 1. The van der Waals surface area contributed by atoms with Crippen LogP contribution in [0.1, 0.15) is 57.0 Å². The van der Waals surface area contributed by atoms with E-state index in [2.05, 4.69) is 32.2 Å². The fourth-order valence-electron chi connectivity index (χ4n) is 3.39. The van der Waals surface area contributed by atoms with Crippen LogP contribution in [0.4, 0.5) is 5.69 Å². The highest BCUT2D eigenvalue weighted by atomic mass is 16.2. The molecular formula is C23H28N6O3. The van der Waals surface area contributed by atoms with E-state index >= 15 is 0 Å². The van der Waals surface area contributed by atoms with Crippen molar-refractivity contribution in [3.05, 3.63) is 58.7 Å². The second-order valence-electron chi connectivity index (χ2n) is 7.52. The first-order valence-electron chi connectivity index (χ1n) is 10.9. The van der Waals surface area contributed by atoms with Crippen molar-refractivity contribution in [3.63, 3.8) is 0 Å². The lowest BCUT2D eigenvalue weighted by atomic mass is 10.1. The number of aryl methyl sites for hydroxylation is 1. The second kappa shape index (κ2) is 11.7. The highest BCUT2D eigenvalue weighted by Crippen LogP contribution is 2.15. The number of aromatic nitrogens is 5. The van der Waals surface area contributed by atoms with E-state index in [1.54, 1.807) is 24.4 Å². The minimum absolute atomic E-state index is 0.220. The van der Waals surface area contributed by atoms with Crippen LogP contribution in [-0.4, -0.2) is 36.7 Å². The van der Waals surface area contributed by atoms with E-state index in [4.69, 9.17) is 0 Å². The van der Waals surface area contributed by atoms with Crippen molar-refractivity contribution in [1.82, 2.24) is 24.5 Å². The Morgan fingerprint density at radius 3 is 2.94 bits per heavy atom. The molecular weight excluding hydrogens is 408 g/mol. The first-order chi connectivity index (χ1) is 15.6. The number of fused-ring (bicyclic) bond motifs is 1. The molecule has 0 saturated heterocycles. The number of allylic oxidation sites excluding steroid dienone is 2. The molecule has 0 aromatic carbocycles. The van der Waals surface area contributed by atoms with Gasteiger partial charge in [0.1, 0.15) is 29.6 Å². The molecule has 0 aliphatic rings. The zero-order valence-corrected chi connectivity index (χ0v) is 18.2. The average molecular weight is 437 g/mol. The maximum atomic E-state index is 12.8. The first kappa shape index (κ1) is 23.1. The van der Waals surface area contributed by atoms with E-state index in [0.29, 0.717) is 30.6 Å². The second-order valence-corrected chi connectivity index (χ2v) is 7.52. The molecule has 3 heterocycles. The number of H-pyrrole nitrogens is 1. The van der Waals surface area contributed by atoms with Gasteiger partial charge in [0, 0.05) is 12.6 Å². The van der Waals surface area contributed by atoms with Gasteiger partial charge in [0.15, 0.2) is 5.65 Å². The van der Waals surface area contributed by atoms with Gasteiger partial charge in [-0.25, -0.2) is 15.0 Å². The lowest BCUT2D eigenvalue weighted by molar-refractivity contribution is -0.116. The molecule has 0 spiro atoms. The van der Waals surface area contributed by atoms with E-state index in [1.165, 1.54) is 17.0 Å². The van der Waals surface area contributed by atoms with E-state index in [0.717, 1.165) is 36.9 Å². The summed E-state index contributed by atoms with van der Waals surface area (Å²) in [6, 6.07) is 3.29. The third-order valence-corrected chi connectivity index (χ3v) is 5.03. The summed E-state index contributed by atoms with van der Waals surface area (Å²) >= 11 is 0. The van der Waals surface area contributed by atoms with Crippen molar-refractivity contribution < 1.29 is 9.59 Å².